The molecule has 0 aliphatic carbocycles. The summed E-state index contributed by atoms with van der Waals surface area (Å²) >= 11 is -1.82. The van der Waals surface area contributed by atoms with Gasteiger partial charge in [0.05, 0.1) is 0 Å². The van der Waals surface area contributed by atoms with Crippen molar-refractivity contribution in [2.24, 2.45) is 0 Å². The Hall–Kier alpha value is 0.530. The Morgan fingerprint density at radius 1 is 1.00 bits per heavy atom. The van der Waals surface area contributed by atoms with Crippen molar-refractivity contribution in [1.29, 1.82) is 0 Å². The molecule has 0 heterocycles. The molecule has 0 N–H and O–H groups in total. The molecule has 0 spiro atoms. The monoisotopic (exact) mass is 330 g/mol. The summed E-state index contributed by atoms with van der Waals surface area (Å²) in [6.45, 7) is 6.58. The summed E-state index contributed by atoms with van der Waals surface area (Å²) in [5.74, 6) is 0. The molecule has 13 heavy (non-hydrogen) atoms. The summed E-state index contributed by atoms with van der Waals surface area (Å²) < 4.78 is 1.11. The van der Waals surface area contributed by atoms with Gasteiger partial charge in [-0.15, -0.1) is 0 Å². The summed E-state index contributed by atoms with van der Waals surface area (Å²) in [7, 11) is 11.8. The molecule has 0 saturated carbocycles. The van der Waals surface area contributed by atoms with Crippen LogP contribution in [0.25, 0.3) is 0 Å². The van der Waals surface area contributed by atoms with Crippen LogP contribution in [-0.2, 0) is 5.41 Å². The molecular formula is C10H13Cl2I. The van der Waals surface area contributed by atoms with Crippen molar-refractivity contribution >= 4 is 35.4 Å². The SMILES string of the molecule is CC(C)(C)c1ccc(I(Cl)Cl)cc1. The van der Waals surface area contributed by atoms with E-state index in [2.05, 4.69) is 32.9 Å². The number of benzene rings is 1. The Balaban J connectivity index is 2.94. The molecule has 0 fully saturated rings. The number of hydrogen-bond donors (Lipinski definition) is 0. The first-order chi connectivity index (χ1) is 5.91. The summed E-state index contributed by atoms with van der Waals surface area (Å²) in [5, 5.41) is 0. The van der Waals surface area contributed by atoms with Crippen LogP contribution in [-0.4, -0.2) is 0 Å². The van der Waals surface area contributed by atoms with E-state index in [0.717, 1.165) is 3.57 Å². The first-order valence-electron chi connectivity index (χ1n) is 4.05. The van der Waals surface area contributed by atoms with Crippen LogP contribution in [0.2, 0.25) is 0 Å². The number of rotatable bonds is 1. The van der Waals surface area contributed by atoms with E-state index in [9.17, 15) is 0 Å². The maximum absolute atomic E-state index is 5.89. The summed E-state index contributed by atoms with van der Waals surface area (Å²) in [6, 6.07) is 8.33. The molecule has 0 bridgehead atoms. The van der Waals surface area contributed by atoms with Gasteiger partial charge >= 0.3 is 95.0 Å². The fourth-order valence-electron chi connectivity index (χ4n) is 1.05. The van der Waals surface area contributed by atoms with Crippen molar-refractivity contribution in [2.45, 2.75) is 26.2 Å². The maximum atomic E-state index is 5.89. The van der Waals surface area contributed by atoms with Gasteiger partial charge in [-0.05, 0) is 0 Å². The molecule has 0 aliphatic rings. The van der Waals surface area contributed by atoms with E-state index in [-0.39, 0.29) is 5.41 Å². The third kappa shape index (κ3) is 3.30. The molecule has 1 rings (SSSR count). The molecule has 0 nitrogen and oxygen atoms in total. The van der Waals surface area contributed by atoms with Crippen molar-refractivity contribution in [3.05, 3.63) is 33.4 Å². The van der Waals surface area contributed by atoms with Crippen molar-refractivity contribution < 1.29 is 0 Å². The molecule has 0 amide bonds. The van der Waals surface area contributed by atoms with Crippen LogP contribution in [0, 0.1) is 3.57 Å². The molecule has 1 aromatic rings. The zero-order chi connectivity index (χ0) is 10.1. The van der Waals surface area contributed by atoms with Gasteiger partial charge in [0, 0.05) is 0 Å². The van der Waals surface area contributed by atoms with Gasteiger partial charge in [0.15, 0.2) is 0 Å². The van der Waals surface area contributed by atoms with Crippen LogP contribution in [0.5, 0.6) is 0 Å². The molecule has 0 atom stereocenters. The van der Waals surface area contributed by atoms with Crippen molar-refractivity contribution in [3.63, 3.8) is 0 Å². The van der Waals surface area contributed by atoms with Gasteiger partial charge < -0.3 is 0 Å². The second kappa shape index (κ2) is 4.37. The molecule has 0 aromatic heterocycles. The fraction of sp³-hybridized carbons (Fsp3) is 0.400. The first kappa shape index (κ1) is 11.6. The van der Waals surface area contributed by atoms with Gasteiger partial charge in [0.25, 0.3) is 0 Å². The molecule has 0 aliphatic heterocycles. The topological polar surface area (TPSA) is 0 Å². The van der Waals surface area contributed by atoms with E-state index >= 15 is 0 Å². The van der Waals surface area contributed by atoms with Gasteiger partial charge in [-0.1, -0.05) is 0 Å². The molecule has 74 valence electrons. The standard InChI is InChI=1S/C10H13Cl2I/c1-10(2,3)8-4-6-9(7-5-8)13(11)12/h4-7H,1-3H3. The second-order valence-electron chi connectivity index (χ2n) is 3.95. The van der Waals surface area contributed by atoms with E-state index in [1.165, 1.54) is 5.56 Å². The van der Waals surface area contributed by atoms with E-state index in [1.54, 1.807) is 0 Å². The van der Waals surface area contributed by atoms with Gasteiger partial charge in [-0.2, -0.15) is 0 Å². The second-order valence-corrected chi connectivity index (χ2v) is 11.1. The average molecular weight is 331 g/mol. The minimum absolute atomic E-state index is 0.205. The zero-order valence-corrected chi connectivity index (χ0v) is 11.6. The van der Waals surface area contributed by atoms with Crippen LogP contribution < -0.4 is 0 Å². The quantitative estimate of drug-likeness (QED) is 0.638. The van der Waals surface area contributed by atoms with E-state index in [0.29, 0.717) is 0 Å². The van der Waals surface area contributed by atoms with E-state index in [1.807, 2.05) is 12.1 Å². The number of halogens is 3. The third-order valence-electron chi connectivity index (χ3n) is 1.88. The Kier molecular flexibility index (Phi) is 3.90. The summed E-state index contributed by atoms with van der Waals surface area (Å²) in [6.07, 6.45) is 0. The van der Waals surface area contributed by atoms with Crippen LogP contribution in [0.15, 0.2) is 24.3 Å². The minimum atomic E-state index is -1.82. The normalized spacial score (nSPS) is 12.8. The zero-order valence-electron chi connectivity index (χ0n) is 7.94. The Morgan fingerprint density at radius 3 is 1.77 bits per heavy atom. The average Bonchev–Trinajstić information content (AvgIpc) is 2.03. The van der Waals surface area contributed by atoms with E-state index < -0.39 is 17.6 Å². The molecular weight excluding hydrogens is 318 g/mol. The predicted octanol–water partition coefficient (Wildman–Crippen LogP) is 4.97. The fourth-order valence-corrected chi connectivity index (χ4v) is 3.23. The van der Waals surface area contributed by atoms with Gasteiger partial charge in [0.1, 0.15) is 0 Å². The van der Waals surface area contributed by atoms with Crippen molar-refractivity contribution in [1.82, 2.24) is 0 Å². The van der Waals surface area contributed by atoms with Crippen molar-refractivity contribution in [2.75, 3.05) is 0 Å². The summed E-state index contributed by atoms with van der Waals surface area (Å²) in [4.78, 5) is 0. The number of hydrogen-bond acceptors (Lipinski definition) is 0. The molecule has 0 unspecified atom stereocenters. The van der Waals surface area contributed by atoms with Crippen molar-refractivity contribution in [3.8, 4) is 0 Å². The molecule has 0 saturated heterocycles. The van der Waals surface area contributed by atoms with Crippen LogP contribution in [0.3, 0.4) is 0 Å². The van der Waals surface area contributed by atoms with Gasteiger partial charge in [0.2, 0.25) is 0 Å². The van der Waals surface area contributed by atoms with E-state index in [4.69, 9.17) is 17.8 Å². The molecule has 0 radical (unpaired) electrons. The van der Waals surface area contributed by atoms with Crippen LogP contribution >= 0.6 is 35.4 Å². The van der Waals surface area contributed by atoms with Crippen LogP contribution in [0.4, 0.5) is 0 Å². The van der Waals surface area contributed by atoms with Gasteiger partial charge in [-0.3, -0.25) is 0 Å². The predicted molar refractivity (Wildman–Crippen MR) is 69.6 cm³/mol. The molecule has 1 aromatic carbocycles. The molecule has 3 heteroatoms. The summed E-state index contributed by atoms with van der Waals surface area (Å²) in [5.41, 5.74) is 1.53. The first-order valence-corrected chi connectivity index (χ1v) is 10.6. The van der Waals surface area contributed by atoms with Crippen LogP contribution in [0.1, 0.15) is 26.3 Å². The Bertz CT molecular complexity index is 272. The van der Waals surface area contributed by atoms with Gasteiger partial charge in [-0.25, -0.2) is 0 Å². The third-order valence-corrected chi connectivity index (χ3v) is 5.75. The Morgan fingerprint density at radius 2 is 1.46 bits per heavy atom. The Labute approximate surface area is 94.4 Å².